The Morgan fingerprint density at radius 2 is 2.12 bits per heavy atom. The average molecular weight is 231 g/mol. The van der Waals surface area contributed by atoms with Crippen molar-refractivity contribution in [3.63, 3.8) is 0 Å². The molecule has 0 spiro atoms. The van der Waals surface area contributed by atoms with Crippen LogP contribution in [0.2, 0.25) is 0 Å². The molecule has 0 amide bonds. The fourth-order valence-electron chi connectivity index (χ4n) is 4.67. The summed E-state index contributed by atoms with van der Waals surface area (Å²) < 4.78 is 5.41. The largest absolute Gasteiger partial charge is 0.469 e. The van der Waals surface area contributed by atoms with Crippen LogP contribution in [0.15, 0.2) is 22.8 Å². The summed E-state index contributed by atoms with van der Waals surface area (Å²) in [5.41, 5.74) is 0. The van der Waals surface area contributed by atoms with E-state index in [0.717, 1.165) is 41.9 Å². The van der Waals surface area contributed by atoms with Crippen LogP contribution in [0.3, 0.4) is 0 Å². The number of hydrogen-bond acceptors (Lipinski definition) is 2. The molecule has 3 saturated carbocycles. The molecule has 2 nitrogen and oxygen atoms in total. The van der Waals surface area contributed by atoms with Crippen LogP contribution in [0.4, 0.5) is 0 Å². The summed E-state index contributed by atoms with van der Waals surface area (Å²) in [7, 11) is 0. The molecule has 3 aliphatic rings. The third-order valence-corrected chi connectivity index (χ3v) is 5.30. The quantitative estimate of drug-likeness (QED) is 0.862. The molecule has 4 rings (SSSR count). The van der Waals surface area contributed by atoms with E-state index in [1.807, 2.05) is 6.07 Å². The van der Waals surface area contributed by atoms with Gasteiger partial charge in [-0.1, -0.05) is 0 Å². The Hall–Kier alpha value is -0.760. The van der Waals surface area contributed by atoms with Gasteiger partial charge in [0.05, 0.1) is 6.26 Å². The van der Waals surface area contributed by atoms with Crippen LogP contribution in [0.25, 0.3) is 0 Å². The van der Waals surface area contributed by atoms with Gasteiger partial charge in [-0.3, -0.25) is 0 Å². The highest BCUT2D eigenvalue weighted by Crippen LogP contribution is 2.65. The van der Waals surface area contributed by atoms with Crippen molar-refractivity contribution in [3.05, 3.63) is 24.2 Å². The molecule has 1 N–H and O–H groups in total. The molecular weight excluding hydrogens is 210 g/mol. The van der Waals surface area contributed by atoms with Gasteiger partial charge in [0.15, 0.2) is 0 Å². The average Bonchev–Trinajstić information content (AvgIpc) is 2.80. The Bertz CT molecular complexity index is 383. The number of furan rings is 1. The molecule has 2 heteroatoms. The first-order chi connectivity index (χ1) is 8.33. The van der Waals surface area contributed by atoms with Gasteiger partial charge in [-0.15, -0.1) is 0 Å². The van der Waals surface area contributed by atoms with Crippen LogP contribution in [0.1, 0.15) is 31.9 Å². The second-order valence-corrected chi connectivity index (χ2v) is 6.36. The Balaban J connectivity index is 1.34. The van der Waals surface area contributed by atoms with Crippen molar-refractivity contribution in [2.75, 3.05) is 0 Å². The molecule has 0 saturated heterocycles. The van der Waals surface area contributed by atoms with Crippen molar-refractivity contribution >= 4 is 0 Å². The predicted molar refractivity (Wildman–Crippen MR) is 66.6 cm³/mol. The lowest BCUT2D eigenvalue weighted by Crippen LogP contribution is -2.33. The molecule has 0 aliphatic heterocycles. The summed E-state index contributed by atoms with van der Waals surface area (Å²) in [6.07, 6.45) is 7.36. The minimum atomic E-state index is 0.552. The van der Waals surface area contributed by atoms with Crippen LogP contribution in [-0.2, 0) is 6.42 Å². The highest BCUT2D eigenvalue weighted by molar-refractivity contribution is 5.17. The monoisotopic (exact) mass is 231 g/mol. The summed E-state index contributed by atoms with van der Waals surface area (Å²) in [5.74, 6) is 5.32. The van der Waals surface area contributed by atoms with Gasteiger partial charge < -0.3 is 9.73 Å². The highest BCUT2D eigenvalue weighted by atomic mass is 16.3. The minimum Gasteiger partial charge on any atom is -0.469 e. The summed E-state index contributed by atoms with van der Waals surface area (Å²) in [6.45, 7) is 2.29. The molecule has 3 fully saturated rings. The summed E-state index contributed by atoms with van der Waals surface area (Å²) in [5, 5.41) is 3.83. The lowest BCUT2D eigenvalue weighted by molar-refractivity contribution is 0.406. The van der Waals surface area contributed by atoms with E-state index in [9.17, 15) is 0 Å². The van der Waals surface area contributed by atoms with Gasteiger partial charge >= 0.3 is 0 Å². The zero-order chi connectivity index (χ0) is 11.4. The number of rotatable bonds is 4. The maximum absolute atomic E-state index is 5.41. The first-order valence-corrected chi connectivity index (χ1v) is 7.11. The van der Waals surface area contributed by atoms with Gasteiger partial charge in [0.25, 0.3) is 0 Å². The number of fused-ring (bicyclic) bond motifs is 5. The lowest BCUT2D eigenvalue weighted by Gasteiger charge is -2.16. The van der Waals surface area contributed by atoms with Crippen LogP contribution in [0.5, 0.6) is 0 Å². The third kappa shape index (κ3) is 1.57. The van der Waals surface area contributed by atoms with E-state index in [1.165, 1.54) is 12.8 Å². The van der Waals surface area contributed by atoms with Crippen molar-refractivity contribution in [3.8, 4) is 0 Å². The molecule has 5 atom stereocenters. The number of hydrogen-bond donors (Lipinski definition) is 1. The summed E-state index contributed by atoms with van der Waals surface area (Å²) in [4.78, 5) is 0. The maximum atomic E-state index is 5.41. The zero-order valence-electron chi connectivity index (χ0n) is 10.4. The van der Waals surface area contributed by atoms with E-state index in [0.29, 0.717) is 6.04 Å². The lowest BCUT2D eigenvalue weighted by atomic mass is 10.0. The topological polar surface area (TPSA) is 25.2 Å². The number of nitrogens with one attached hydrogen (secondary N) is 1. The maximum Gasteiger partial charge on any atom is 0.105 e. The standard InChI is InChI=1S/C15H21NO/c1-9(7-12-3-2-6-17-12)16-15-13-10-4-5-11(8-10)14(13)15/h2-3,6,9-11,13-16H,4-5,7-8H2,1H3. The fourth-order valence-corrected chi connectivity index (χ4v) is 4.67. The van der Waals surface area contributed by atoms with Crippen molar-refractivity contribution in [1.82, 2.24) is 5.32 Å². The molecule has 3 aliphatic carbocycles. The highest BCUT2D eigenvalue weighted by Gasteiger charge is 2.64. The van der Waals surface area contributed by atoms with E-state index in [2.05, 4.69) is 18.3 Å². The van der Waals surface area contributed by atoms with Gasteiger partial charge in [-0.2, -0.15) is 0 Å². The normalized spacial score (nSPS) is 43.7. The molecule has 0 aromatic carbocycles. The Labute approximate surface area is 103 Å². The first kappa shape index (κ1) is 10.2. The molecular formula is C15H21NO. The van der Waals surface area contributed by atoms with E-state index in [-0.39, 0.29) is 0 Å². The Morgan fingerprint density at radius 3 is 2.76 bits per heavy atom. The molecule has 1 aromatic heterocycles. The molecule has 1 aromatic rings. The van der Waals surface area contributed by atoms with Gasteiger partial charge in [0.2, 0.25) is 0 Å². The van der Waals surface area contributed by atoms with Gasteiger partial charge in [-0.25, -0.2) is 0 Å². The summed E-state index contributed by atoms with van der Waals surface area (Å²) >= 11 is 0. The van der Waals surface area contributed by atoms with Gasteiger partial charge in [0, 0.05) is 18.5 Å². The van der Waals surface area contributed by atoms with Crippen LogP contribution >= 0.6 is 0 Å². The van der Waals surface area contributed by atoms with E-state index < -0.39 is 0 Å². The van der Waals surface area contributed by atoms with Crippen LogP contribution in [-0.4, -0.2) is 12.1 Å². The molecule has 0 radical (unpaired) electrons. The Kier molecular flexibility index (Phi) is 2.17. The summed E-state index contributed by atoms with van der Waals surface area (Å²) in [6, 6.07) is 5.45. The third-order valence-electron chi connectivity index (χ3n) is 5.30. The van der Waals surface area contributed by atoms with Gasteiger partial charge in [0.1, 0.15) is 5.76 Å². The smallest absolute Gasteiger partial charge is 0.105 e. The second-order valence-electron chi connectivity index (χ2n) is 6.36. The van der Waals surface area contributed by atoms with Crippen molar-refractivity contribution in [2.24, 2.45) is 23.7 Å². The van der Waals surface area contributed by atoms with Crippen molar-refractivity contribution < 1.29 is 4.42 Å². The van der Waals surface area contributed by atoms with Crippen molar-refractivity contribution in [2.45, 2.75) is 44.7 Å². The molecule has 2 bridgehead atoms. The predicted octanol–water partition coefficient (Wildman–Crippen LogP) is 2.84. The molecule has 92 valence electrons. The van der Waals surface area contributed by atoms with Crippen LogP contribution in [0, 0.1) is 23.7 Å². The zero-order valence-corrected chi connectivity index (χ0v) is 10.4. The fraction of sp³-hybridized carbons (Fsp3) is 0.733. The van der Waals surface area contributed by atoms with Gasteiger partial charge in [-0.05, 0) is 62.0 Å². The van der Waals surface area contributed by atoms with Crippen LogP contribution < -0.4 is 5.32 Å². The molecule has 17 heavy (non-hydrogen) atoms. The SMILES string of the molecule is CC(Cc1ccco1)NC1C2C3CCC(C3)C12. The van der Waals surface area contributed by atoms with E-state index in [1.54, 1.807) is 12.7 Å². The van der Waals surface area contributed by atoms with E-state index in [4.69, 9.17) is 4.42 Å². The minimum absolute atomic E-state index is 0.552. The van der Waals surface area contributed by atoms with E-state index >= 15 is 0 Å². The van der Waals surface area contributed by atoms with Crippen molar-refractivity contribution in [1.29, 1.82) is 0 Å². The second kappa shape index (κ2) is 3.61. The Morgan fingerprint density at radius 1 is 1.35 bits per heavy atom. The molecule has 1 heterocycles. The first-order valence-electron chi connectivity index (χ1n) is 7.11. The molecule has 5 unspecified atom stereocenters.